The maximum Gasteiger partial charge on any atom is 0.240 e. The molecule has 28 heavy (non-hydrogen) atoms. The van der Waals surface area contributed by atoms with E-state index in [9.17, 15) is 4.79 Å². The standard InChI is InChI=1S/C23H36N4O/c1-18-6-4-7-21(19(18)2)27-14-8-20(9-15-27)26-16-10-23(11-17-26)22(28)24-12-5-13-25(23)3/h4,6-7,20H,5,8-17H2,1-3H3,(H,24,28). The number of nitrogens with one attached hydrogen (secondary N) is 1. The zero-order valence-electron chi connectivity index (χ0n) is 17.8. The first-order valence-electron chi connectivity index (χ1n) is 11.1. The molecule has 3 aliphatic rings. The topological polar surface area (TPSA) is 38.8 Å². The molecule has 1 aromatic rings. The number of amides is 1. The second-order valence-electron chi connectivity index (χ2n) is 9.04. The second-order valence-corrected chi connectivity index (χ2v) is 9.04. The normalized spacial score (nSPS) is 25.0. The lowest BCUT2D eigenvalue weighted by Crippen LogP contribution is -2.62. The van der Waals surface area contributed by atoms with Gasteiger partial charge < -0.3 is 15.1 Å². The van der Waals surface area contributed by atoms with E-state index < -0.39 is 0 Å². The van der Waals surface area contributed by atoms with Gasteiger partial charge in [-0.3, -0.25) is 9.69 Å². The minimum atomic E-state index is -0.271. The molecule has 1 aromatic carbocycles. The van der Waals surface area contributed by atoms with Crippen molar-refractivity contribution >= 4 is 11.6 Å². The van der Waals surface area contributed by atoms with Crippen molar-refractivity contribution in [3.63, 3.8) is 0 Å². The summed E-state index contributed by atoms with van der Waals surface area (Å²) in [7, 11) is 2.14. The lowest BCUT2D eigenvalue weighted by atomic mass is 9.84. The van der Waals surface area contributed by atoms with Crippen LogP contribution in [-0.4, -0.2) is 73.6 Å². The Kier molecular flexibility index (Phi) is 5.66. The third-order valence-corrected chi connectivity index (χ3v) is 7.63. The van der Waals surface area contributed by atoms with Crippen LogP contribution >= 0.6 is 0 Å². The smallest absolute Gasteiger partial charge is 0.240 e. The van der Waals surface area contributed by atoms with Crippen molar-refractivity contribution < 1.29 is 4.79 Å². The fraction of sp³-hybridized carbons (Fsp3) is 0.696. The summed E-state index contributed by atoms with van der Waals surface area (Å²) in [6.07, 6.45) is 5.44. The Hall–Kier alpha value is -1.59. The number of hydrogen-bond acceptors (Lipinski definition) is 4. The summed E-state index contributed by atoms with van der Waals surface area (Å²) in [6.45, 7) is 10.7. The van der Waals surface area contributed by atoms with Gasteiger partial charge in [0.05, 0.1) is 0 Å². The third kappa shape index (κ3) is 3.55. The predicted octanol–water partition coefficient (Wildman–Crippen LogP) is 2.56. The van der Waals surface area contributed by atoms with Crippen LogP contribution in [-0.2, 0) is 4.79 Å². The quantitative estimate of drug-likeness (QED) is 0.851. The van der Waals surface area contributed by atoms with Gasteiger partial charge in [0.2, 0.25) is 5.91 Å². The molecule has 4 rings (SSSR count). The largest absolute Gasteiger partial charge is 0.371 e. The zero-order valence-corrected chi connectivity index (χ0v) is 17.8. The Morgan fingerprint density at radius 1 is 1.04 bits per heavy atom. The van der Waals surface area contributed by atoms with Gasteiger partial charge in [0.25, 0.3) is 0 Å². The molecule has 0 radical (unpaired) electrons. The molecule has 0 aromatic heterocycles. The van der Waals surface area contributed by atoms with Crippen molar-refractivity contribution in [2.45, 2.75) is 57.5 Å². The average molecular weight is 385 g/mol. The molecule has 0 saturated carbocycles. The number of hydrogen-bond donors (Lipinski definition) is 1. The summed E-state index contributed by atoms with van der Waals surface area (Å²) in [4.78, 5) is 20.3. The molecule has 0 aliphatic carbocycles. The first kappa shape index (κ1) is 19.7. The maximum atomic E-state index is 12.8. The van der Waals surface area contributed by atoms with Gasteiger partial charge in [-0.25, -0.2) is 0 Å². The van der Waals surface area contributed by atoms with Gasteiger partial charge in [0.1, 0.15) is 5.54 Å². The fourth-order valence-electron chi connectivity index (χ4n) is 5.49. The lowest BCUT2D eigenvalue weighted by molar-refractivity contribution is -0.135. The van der Waals surface area contributed by atoms with Gasteiger partial charge in [-0.2, -0.15) is 0 Å². The zero-order chi connectivity index (χ0) is 19.7. The number of carbonyl (C=O) groups is 1. The predicted molar refractivity (Wildman–Crippen MR) is 115 cm³/mol. The summed E-state index contributed by atoms with van der Waals surface area (Å²) < 4.78 is 0. The van der Waals surface area contributed by atoms with Crippen LogP contribution in [0.2, 0.25) is 0 Å². The third-order valence-electron chi connectivity index (χ3n) is 7.63. The van der Waals surface area contributed by atoms with E-state index in [0.29, 0.717) is 6.04 Å². The van der Waals surface area contributed by atoms with Gasteiger partial charge in [-0.05, 0) is 70.2 Å². The number of nitrogens with zero attached hydrogens (tertiary/aromatic N) is 3. The monoisotopic (exact) mass is 384 g/mol. The van der Waals surface area contributed by atoms with Crippen LogP contribution in [0.1, 0.15) is 43.2 Å². The molecule has 154 valence electrons. The molecule has 3 fully saturated rings. The highest BCUT2D eigenvalue weighted by Gasteiger charge is 2.46. The van der Waals surface area contributed by atoms with Crippen LogP contribution in [0.4, 0.5) is 5.69 Å². The Bertz CT molecular complexity index is 703. The van der Waals surface area contributed by atoms with Crippen molar-refractivity contribution in [3.8, 4) is 0 Å². The van der Waals surface area contributed by atoms with Crippen molar-refractivity contribution in [3.05, 3.63) is 29.3 Å². The van der Waals surface area contributed by atoms with Crippen LogP contribution in [0.25, 0.3) is 0 Å². The van der Waals surface area contributed by atoms with Crippen molar-refractivity contribution in [1.82, 2.24) is 15.1 Å². The Labute approximate surface area is 170 Å². The molecule has 5 heteroatoms. The number of benzene rings is 1. The number of carbonyl (C=O) groups excluding carboxylic acids is 1. The SMILES string of the molecule is Cc1cccc(N2CCC(N3CCC4(CC3)C(=O)NCCCN4C)CC2)c1C. The maximum absolute atomic E-state index is 12.8. The number of anilines is 1. The van der Waals surface area contributed by atoms with Crippen LogP contribution in [0.3, 0.4) is 0 Å². The molecule has 0 unspecified atom stereocenters. The van der Waals surface area contributed by atoms with Gasteiger partial charge >= 0.3 is 0 Å². The number of likely N-dealkylation sites (N-methyl/N-ethyl adjacent to an activating group) is 1. The molecular formula is C23H36N4O. The first-order valence-corrected chi connectivity index (χ1v) is 11.1. The highest BCUT2D eigenvalue weighted by molar-refractivity contribution is 5.86. The van der Waals surface area contributed by atoms with E-state index in [-0.39, 0.29) is 11.4 Å². The molecule has 3 aliphatic heterocycles. The summed E-state index contributed by atoms with van der Waals surface area (Å²) in [5, 5.41) is 3.16. The molecule has 5 nitrogen and oxygen atoms in total. The van der Waals surface area contributed by atoms with E-state index in [0.717, 1.165) is 58.5 Å². The molecule has 1 spiro atoms. The van der Waals surface area contributed by atoms with Gasteiger partial charge in [0.15, 0.2) is 0 Å². The molecule has 0 atom stereocenters. The number of aryl methyl sites for hydroxylation is 1. The Balaban J connectivity index is 1.35. The average Bonchev–Trinajstić information content (AvgIpc) is 2.85. The lowest BCUT2D eigenvalue weighted by Gasteiger charge is -2.48. The van der Waals surface area contributed by atoms with E-state index in [1.165, 1.54) is 29.7 Å². The van der Waals surface area contributed by atoms with E-state index in [1.807, 2.05) is 0 Å². The van der Waals surface area contributed by atoms with Crippen LogP contribution in [0.15, 0.2) is 18.2 Å². The van der Waals surface area contributed by atoms with Crippen molar-refractivity contribution in [2.24, 2.45) is 0 Å². The molecular weight excluding hydrogens is 348 g/mol. The van der Waals surface area contributed by atoms with Crippen LogP contribution in [0, 0.1) is 13.8 Å². The van der Waals surface area contributed by atoms with E-state index in [4.69, 9.17) is 0 Å². The summed E-state index contributed by atoms with van der Waals surface area (Å²) >= 11 is 0. The Morgan fingerprint density at radius 3 is 2.46 bits per heavy atom. The van der Waals surface area contributed by atoms with Crippen molar-refractivity contribution in [1.29, 1.82) is 0 Å². The van der Waals surface area contributed by atoms with Crippen molar-refractivity contribution in [2.75, 3.05) is 51.2 Å². The summed E-state index contributed by atoms with van der Waals surface area (Å²) in [5.41, 5.74) is 3.94. The molecule has 3 heterocycles. The second kappa shape index (κ2) is 8.03. The first-order chi connectivity index (χ1) is 13.5. The summed E-state index contributed by atoms with van der Waals surface area (Å²) in [5.74, 6) is 0.261. The minimum absolute atomic E-state index is 0.261. The Morgan fingerprint density at radius 2 is 1.75 bits per heavy atom. The summed E-state index contributed by atoms with van der Waals surface area (Å²) in [6, 6.07) is 7.32. The number of likely N-dealkylation sites (tertiary alicyclic amines) is 1. The van der Waals surface area contributed by atoms with Gasteiger partial charge in [-0.1, -0.05) is 12.1 Å². The highest BCUT2D eigenvalue weighted by Crippen LogP contribution is 2.33. The fourth-order valence-corrected chi connectivity index (χ4v) is 5.49. The van der Waals surface area contributed by atoms with Gasteiger partial charge in [-0.15, -0.1) is 0 Å². The molecule has 1 N–H and O–H groups in total. The van der Waals surface area contributed by atoms with Gasteiger partial charge in [0, 0.05) is 51.0 Å². The minimum Gasteiger partial charge on any atom is -0.371 e. The van der Waals surface area contributed by atoms with E-state index >= 15 is 0 Å². The molecule has 0 bridgehead atoms. The van der Waals surface area contributed by atoms with E-state index in [1.54, 1.807) is 0 Å². The van der Waals surface area contributed by atoms with Crippen LogP contribution in [0.5, 0.6) is 0 Å². The number of rotatable bonds is 2. The highest BCUT2D eigenvalue weighted by atomic mass is 16.2. The van der Waals surface area contributed by atoms with Crippen LogP contribution < -0.4 is 10.2 Å². The van der Waals surface area contributed by atoms with E-state index in [2.05, 4.69) is 59.1 Å². The number of piperidine rings is 2. The molecule has 3 saturated heterocycles. The molecule has 1 amide bonds.